The molecule has 0 amide bonds. The first-order chi connectivity index (χ1) is 13.3. The van der Waals surface area contributed by atoms with Crippen molar-refractivity contribution in [1.29, 1.82) is 0 Å². The van der Waals surface area contributed by atoms with Crippen LogP contribution in [0.1, 0.15) is 45.4 Å². The third-order valence-corrected chi connectivity index (χ3v) is 6.71. The minimum Gasteiger partial charge on any atom is -0.483 e. The highest BCUT2D eigenvalue weighted by atomic mass is 16.5. The summed E-state index contributed by atoms with van der Waals surface area (Å²) in [5, 5.41) is 3.81. The van der Waals surface area contributed by atoms with Gasteiger partial charge in [0.15, 0.2) is 0 Å². The van der Waals surface area contributed by atoms with E-state index in [1.54, 1.807) is 5.57 Å². The van der Waals surface area contributed by atoms with Crippen LogP contribution in [0.2, 0.25) is 0 Å². The second-order valence-corrected chi connectivity index (χ2v) is 8.38. The molecule has 0 aromatic rings. The van der Waals surface area contributed by atoms with Crippen LogP contribution in [-0.4, -0.2) is 6.10 Å². The molecule has 0 radical (unpaired) electrons. The Bertz CT molecular complexity index is 832. The summed E-state index contributed by atoms with van der Waals surface area (Å²) in [7, 11) is 0. The molecule has 5 aliphatic rings. The fourth-order valence-corrected chi connectivity index (χ4v) is 5.28. The van der Waals surface area contributed by atoms with E-state index in [9.17, 15) is 0 Å². The SMILES string of the molecule is CC1C=CCCC1C1=C(NC2=CC=CC3C4=C(C=CCC4)OC23)C=CCC1. The Morgan fingerprint density at radius 2 is 1.81 bits per heavy atom. The van der Waals surface area contributed by atoms with Gasteiger partial charge in [-0.3, -0.25) is 0 Å². The number of ether oxygens (including phenoxy) is 1. The van der Waals surface area contributed by atoms with Crippen molar-refractivity contribution >= 4 is 0 Å². The predicted molar refractivity (Wildman–Crippen MR) is 111 cm³/mol. The molecule has 0 spiro atoms. The van der Waals surface area contributed by atoms with Crippen LogP contribution in [0.15, 0.2) is 83.0 Å². The van der Waals surface area contributed by atoms with Gasteiger partial charge in [0.25, 0.3) is 0 Å². The van der Waals surface area contributed by atoms with Gasteiger partial charge in [-0.05, 0) is 79.7 Å². The average molecular weight is 360 g/mol. The highest BCUT2D eigenvalue weighted by Crippen LogP contribution is 2.43. The highest BCUT2D eigenvalue weighted by molar-refractivity contribution is 5.43. The van der Waals surface area contributed by atoms with E-state index in [0.717, 1.165) is 25.0 Å². The van der Waals surface area contributed by atoms with E-state index >= 15 is 0 Å². The first kappa shape index (κ1) is 16.9. The normalized spacial score (nSPS) is 34.3. The zero-order valence-corrected chi connectivity index (χ0v) is 16.2. The van der Waals surface area contributed by atoms with Gasteiger partial charge in [0, 0.05) is 11.6 Å². The van der Waals surface area contributed by atoms with Crippen LogP contribution in [0.4, 0.5) is 0 Å². The van der Waals surface area contributed by atoms with Gasteiger partial charge in [-0.1, -0.05) is 43.4 Å². The highest BCUT2D eigenvalue weighted by Gasteiger charge is 2.38. The lowest BCUT2D eigenvalue weighted by molar-refractivity contribution is 0.157. The van der Waals surface area contributed by atoms with Gasteiger partial charge in [0.1, 0.15) is 11.9 Å². The predicted octanol–water partition coefficient (Wildman–Crippen LogP) is 5.86. The molecule has 2 nitrogen and oxygen atoms in total. The minimum absolute atomic E-state index is 0.107. The van der Waals surface area contributed by atoms with E-state index in [-0.39, 0.29) is 6.10 Å². The molecule has 0 aromatic carbocycles. The molecule has 1 aliphatic heterocycles. The van der Waals surface area contributed by atoms with Crippen LogP contribution in [0.5, 0.6) is 0 Å². The summed E-state index contributed by atoms with van der Waals surface area (Å²) in [6, 6.07) is 0. The smallest absolute Gasteiger partial charge is 0.148 e. The van der Waals surface area contributed by atoms with Gasteiger partial charge in [0.2, 0.25) is 0 Å². The Balaban J connectivity index is 1.41. The summed E-state index contributed by atoms with van der Waals surface area (Å²) >= 11 is 0. The lowest BCUT2D eigenvalue weighted by atomic mass is 9.76. The number of fused-ring (bicyclic) bond motifs is 2. The number of hydrogen-bond donors (Lipinski definition) is 1. The van der Waals surface area contributed by atoms with E-state index in [1.807, 2.05) is 0 Å². The summed E-state index contributed by atoms with van der Waals surface area (Å²) in [5.74, 6) is 2.80. The third kappa shape index (κ3) is 3.05. The van der Waals surface area contributed by atoms with Crippen LogP contribution < -0.4 is 5.32 Å². The molecule has 4 aliphatic carbocycles. The quantitative estimate of drug-likeness (QED) is 0.638. The summed E-state index contributed by atoms with van der Waals surface area (Å²) in [6.45, 7) is 2.37. The molecule has 0 bridgehead atoms. The molecule has 0 fully saturated rings. The van der Waals surface area contributed by atoms with Crippen molar-refractivity contribution in [3.05, 3.63) is 83.0 Å². The molecule has 2 heteroatoms. The second-order valence-electron chi connectivity index (χ2n) is 8.38. The monoisotopic (exact) mass is 359 g/mol. The minimum atomic E-state index is 0.107. The zero-order valence-electron chi connectivity index (χ0n) is 16.2. The summed E-state index contributed by atoms with van der Waals surface area (Å²) in [4.78, 5) is 0. The van der Waals surface area contributed by atoms with Gasteiger partial charge >= 0.3 is 0 Å². The molecule has 4 unspecified atom stereocenters. The Labute approximate surface area is 162 Å². The first-order valence-electron chi connectivity index (χ1n) is 10.6. The van der Waals surface area contributed by atoms with Gasteiger partial charge in [-0.25, -0.2) is 0 Å². The molecule has 0 aromatic heterocycles. The van der Waals surface area contributed by atoms with Crippen molar-refractivity contribution in [1.82, 2.24) is 5.32 Å². The van der Waals surface area contributed by atoms with E-state index < -0.39 is 0 Å². The molecule has 5 rings (SSSR count). The van der Waals surface area contributed by atoms with Gasteiger partial charge in [0.05, 0.1) is 5.70 Å². The Morgan fingerprint density at radius 1 is 0.963 bits per heavy atom. The lowest BCUT2D eigenvalue weighted by Crippen LogP contribution is -2.32. The topological polar surface area (TPSA) is 21.3 Å². The Kier molecular flexibility index (Phi) is 4.43. The molecular formula is C25H29NO. The van der Waals surface area contributed by atoms with E-state index in [2.05, 4.69) is 66.9 Å². The van der Waals surface area contributed by atoms with E-state index in [1.165, 1.54) is 36.2 Å². The van der Waals surface area contributed by atoms with Crippen LogP contribution >= 0.6 is 0 Å². The van der Waals surface area contributed by atoms with Crippen molar-refractivity contribution < 1.29 is 4.74 Å². The molecule has 1 N–H and O–H groups in total. The fourth-order valence-electron chi connectivity index (χ4n) is 5.28. The molecule has 1 heterocycles. The maximum absolute atomic E-state index is 6.38. The third-order valence-electron chi connectivity index (χ3n) is 6.71. The fraction of sp³-hybridized carbons (Fsp3) is 0.440. The van der Waals surface area contributed by atoms with Crippen molar-refractivity contribution in [3.8, 4) is 0 Å². The zero-order chi connectivity index (χ0) is 18.2. The molecule has 4 atom stereocenters. The second kappa shape index (κ2) is 7.07. The van der Waals surface area contributed by atoms with E-state index in [0.29, 0.717) is 17.8 Å². The van der Waals surface area contributed by atoms with Crippen LogP contribution in [0.3, 0.4) is 0 Å². The van der Waals surface area contributed by atoms with Crippen molar-refractivity contribution in [3.63, 3.8) is 0 Å². The molecule has 0 saturated carbocycles. The number of hydrogen-bond acceptors (Lipinski definition) is 2. The largest absolute Gasteiger partial charge is 0.483 e. The molecular weight excluding hydrogens is 330 g/mol. The summed E-state index contributed by atoms with van der Waals surface area (Å²) in [5.41, 5.74) is 5.61. The Hall–Kier alpha value is -2.22. The summed E-state index contributed by atoms with van der Waals surface area (Å²) < 4.78 is 6.38. The molecule has 27 heavy (non-hydrogen) atoms. The van der Waals surface area contributed by atoms with Crippen LogP contribution in [-0.2, 0) is 4.74 Å². The van der Waals surface area contributed by atoms with Gasteiger partial charge < -0.3 is 10.1 Å². The van der Waals surface area contributed by atoms with Crippen molar-refractivity contribution in [2.75, 3.05) is 0 Å². The molecule has 0 saturated heterocycles. The van der Waals surface area contributed by atoms with Crippen molar-refractivity contribution in [2.45, 2.75) is 51.6 Å². The van der Waals surface area contributed by atoms with Crippen LogP contribution in [0, 0.1) is 17.8 Å². The van der Waals surface area contributed by atoms with Crippen LogP contribution in [0.25, 0.3) is 0 Å². The van der Waals surface area contributed by atoms with Crippen molar-refractivity contribution in [2.24, 2.45) is 17.8 Å². The van der Waals surface area contributed by atoms with E-state index in [4.69, 9.17) is 4.74 Å². The first-order valence-corrected chi connectivity index (χ1v) is 10.6. The average Bonchev–Trinajstić information content (AvgIpc) is 3.09. The summed E-state index contributed by atoms with van der Waals surface area (Å²) in [6.07, 6.45) is 27.7. The lowest BCUT2D eigenvalue weighted by Gasteiger charge is -2.32. The standard InChI is InChI=1S/C25H29NO/c1-17-9-2-3-10-18(17)19-11-4-6-14-22(19)26-23-15-8-13-21-20-12-5-7-16-24(20)27-25(21)23/h2,6-9,13-18,21,25-26H,3-5,10-12H2,1H3. The maximum Gasteiger partial charge on any atom is 0.148 e. The van der Waals surface area contributed by atoms with Gasteiger partial charge in [-0.15, -0.1) is 0 Å². The van der Waals surface area contributed by atoms with Gasteiger partial charge in [-0.2, -0.15) is 0 Å². The maximum atomic E-state index is 6.38. The number of nitrogens with one attached hydrogen (secondary N) is 1. The molecule has 140 valence electrons. The Morgan fingerprint density at radius 3 is 2.70 bits per heavy atom. The number of rotatable bonds is 3. The number of allylic oxidation sites excluding steroid dienone is 9.